The summed E-state index contributed by atoms with van der Waals surface area (Å²) in [4.78, 5) is 12.6. The number of carboxylic acid groups (broad SMARTS) is 1. The standard InChI is InChI=1S/C14H19F2NO4/c1-9(13(18)19)7-17(2)8-10-4-5-11(21-14(15)16)12(6-10)20-3/h4-6,9,14H,7-8H2,1-3H3,(H,18,19). The molecule has 5 nitrogen and oxygen atoms in total. The highest BCUT2D eigenvalue weighted by molar-refractivity contribution is 5.69. The number of aliphatic carboxylic acids is 1. The van der Waals surface area contributed by atoms with Crippen LogP contribution in [0.1, 0.15) is 12.5 Å². The molecule has 0 saturated carbocycles. The maximum atomic E-state index is 12.2. The number of rotatable bonds is 8. The van der Waals surface area contributed by atoms with Gasteiger partial charge in [0.05, 0.1) is 13.0 Å². The second-order valence-corrected chi connectivity index (χ2v) is 4.80. The minimum atomic E-state index is -2.91. The van der Waals surface area contributed by atoms with E-state index in [2.05, 4.69) is 4.74 Å². The lowest BCUT2D eigenvalue weighted by Gasteiger charge is -2.20. The first-order valence-electron chi connectivity index (χ1n) is 6.36. The van der Waals surface area contributed by atoms with Crippen LogP contribution in [0.5, 0.6) is 11.5 Å². The van der Waals surface area contributed by atoms with Gasteiger partial charge in [0.2, 0.25) is 0 Å². The van der Waals surface area contributed by atoms with E-state index in [0.29, 0.717) is 13.1 Å². The Bertz CT molecular complexity index is 482. The van der Waals surface area contributed by atoms with E-state index >= 15 is 0 Å². The van der Waals surface area contributed by atoms with Crippen LogP contribution < -0.4 is 9.47 Å². The molecule has 0 fully saturated rings. The lowest BCUT2D eigenvalue weighted by atomic mass is 10.1. The molecule has 1 N–H and O–H groups in total. The van der Waals surface area contributed by atoms with Gasteiger partial charge in [-0.05, 0) is 24.7 Å². The summed E-state index contributed by atoms with van der Waals surface area (Å²) in [6.45, 7) is -0.432. The average Bonchev–Trinajstić information content (AvgIpc) is 2.39. The molecule has 1 rings (SSSR count). The Morgan fingerprint density at radius 2 is 2.05 bits per heavy atom. The van der Waals surface area contributed by atoms with E-state index in [1.807, 2.05) is 4.90 Å². The van der Waals surface area contributed by atoms with E-state index in [1.165, 1.54) is 13.2 Å². The molecule has 0 aliphatic heterocycles. The first-order valence-corrected chi connectivity index (χ1v) is 6.36. The number of benzene rings is 1. The summed E-state index contributed by atoms with van der Waals surface area (Å²) in [5, 5.41) is 8.87. The number of alkyl halides is 2. The number of ether oxygens (including phenoxy) is 2. The van der Waals surface area contributed by atoms with Crippen molar-refractivity contribution in [3.8, 4) is 11.5 Å². The highest BCUT2D eigenvalue weighted by atomic mass is 19.3. The maximum Gasteiger partial charge on any atom is 0.387 e. The van der Waals surface area contributed by atoms with Gasteiger partial charge in [0, 0.05) is 13.1 Å². The zero-order chi connectivity index (χ0) is 16.0. The number of carboxylic acids is 1. The van der Waals surface area contributed by atoms with Crippen molar-refractivity contribution >= 4 is 5.97 Å². The molecule has 1 atom stereocenters. The summed E-state index contributed by atoms with van der Waals surface area (Å²) in [6, 6.07) is 4.65. The van der Waals surface area contributed by atoms with E-state index < -0.39 is 18.5 Å². The van der Waals surface area contributed by atoms with Crippen LogP contribution in [0.4, 0.5) is 8.78 Å². The molecule has 1 aromatic rings. The van der Waals surface area contributed by atoms with Crippen molar-refractivity contribution in [2.45, 2.75) is 20.1 Å². The predicted octanol–water partition coefficient (Wildman–Crippen LogP) is 2.45. The van der Waals surface area contributed by atoms with Crippen molar-refractivity contribution in [3.63, 3.8) is 0 Å². The smallest absolute Gasteiger partial charge is 0.387 e. The summed E-state index contributed by atoms with van der Waals surface area (Å²) in [7, 11) is 3.16. The molecule has 0 bridgehead atoms. The normalized spacial score (nSPS) is 12.5. The van der Waals surface area contributed by atoms with Crippen LogP contribution in [0.2, 0.25) is 0 Å². The quantitative estimate of drug-likeness (QED) is 0.799. The number of methoxy groups -OCH3 is 1. The van der Waals surface area contributed by atoms with E-state index in [4.69, 9.17) is 9.84 Å². The van der Waals surface area contributed by atoms with Crippen molar-refractivity contribution in [2.75, 3.05) is 20.7 Å². The molecule has 0 spiro atoms. The van der Waals surface area contributed by atoms with Crippen molar-refractivity contribution in [1.29, 1.82) is 0 Å². The fourth-order valence-corrected chi connectivity index (χ4v) is 1.93. The first-order chi connectivity index (χ1) is 9.83. The van der Waals surface area contributed by atoms with Gasteiger partial charge in [-0.3, -0.25) is 4.79 Å². The summed E-state index contributed by atoms with van der Waals surface area (Å²) in [6.07, 6.45) is 0. The number of hydrogen-bond donors (Lipinski definition) is 1. The number of halogens is 2. The second-order valence-electron chi connectivity index (χ2n) is 4.80. The van der Waals surface area contributed by atoms with Crippen molar-refractivity contribution in [3.05, 3.63) is 23.8 Å². The average molecular weight is 303 g/mol. The Morgan fingerprint density at radius 1 is 1.38 bits per heavy atom. The summed E-state index contributed by atoms with van der Waals surface area (Å²) >= 11 is 0. The van der Waals surface area contributed by atoms with E-state index in [0.717, 1.165) is 5.56 Å². The molecule has 0 aliphatic rings. The largest absolute Gasteiger partial charge is 0.493 e. The Hall–Kier alpha value is -1.89. The number of carbonyl (C=O) groups is 1. The highest BCUT2D eigenvalue weighted by Gasteiger charge is 2.15. The van der Waals surface area contributed by atoms with Gasteiger partial charge in [0.1, 0.15) is 0 Å². The predicted molar refractivity (Wildman–Crippen MR) is 72.8 cm³/mol. The SMILES string of the molecule is COc1cc(CN(C)CC(C)C(=O)O)ccc1OC(F)F. The fourth-order valence-electron chi connectivity index (χ4n) is 1.93. The zero-order valence-electron chi connectivity index (χ0n) is 12.2. The van der Waals surface area contributed by atoms with Crippen LogP contribution in [-0.2, 0) is 11.3 Å². The minimum absolute atomic E-state index is 0.0298. The van der Waals surface area contributed by atoms with Gasteiger partial charge in [0.25, 0.3) is 0 Å². The van der Waals surface area contributed by atoms with Crippen LogP contribution in [-0.4, -0.2) is 43.3 Å². The van der Waals surface area contributed by atoms with Crippen LogP contribution >= 0.6 is 0 Å². The van der Waals surface area contributed by atoms with Gasteiger partial charge in [0.15, 0.2) is 11.5 Å². The summed E-state index contributed by atoms with van der Waals surface area (Å²) in [5.74, 6) is -1.16. The van der Waals surface area contributed by atoms with Crippen molar-refractivity contribution in [2.24, 2.45) is 5.92 Å². The first kappa shape index (κ1) is 17.2. The highest BCUT2D eigenvalue weighted by Crippen LogP contribution is 2.29. The topological polar surface area (TPSA) is 59.0 Å². The molecule has 21 heavy (non-hydrogen) atoms. The minimum Gasteiger partial charge on any atom is -0.493 e. The molecule has 1 unspecified atom stereocenters. The Balaban J connectivity index is 2.73. The van der Waals surface area contributed by atoms with Crippen LogP contribution in [0.25, 0.3) is 0 Å². The summed E-state index contributed by atoms with van der Waals surface area (Å²) < 4.78 is 33.8. The van der Waals surface area contributed by atoms with Gasteiger partial charge in [-0.2, -0.15) is 8.78 Å². The molecule has 0 heterocycles. The second kappa shape index (κ2) is 7.78. The molecule has 7 heteroatoms. The third-order valence-corrected chi connectivity index (χ3v) is 2.90. The molecule has 1 aromatic carbocycles. The number of nitrogens with zero attached hydrogens (tertiary/aromatic N) is 1. The van der Waals surface area contributed by atoms with Gasteiger partial charge in [-0.25, -0.2) is 0 Å². The van der Waals surface area contributed by atoms with Crippen molar-refractivity contribution < 1.29 is 28.2 Å². The molecule has 0 aromatic heterocycles. The third kappa shape index (κ3) is 5.55. The van der Waals surface area contributed by atoms with Gasteiger partial charge < -0.3 is 19.5 Å². The van der Waals surface area contributed by atoms with Gasteiger partial charge in [-0.15, -0.1) is 0 Å². The van der Waals surface area contributed by atoms with Crippen LogP contribution in [0.3, 0.4) is 0 Å². The van der Waals surface area contributed by atoms with Crippen LogP contribution in [0.15, 0.2) is 18.2 Å². The van der Waals surface area contributed by atoms with Crippen LogP contribution in [0, 0.1) is 5.92 Å². The Labute approximate surface area is 122 Å². The van der Waals surface area contributed by atoms with E-state index in [1.54, 1.807) is 26.1 Å². The molecule has 0 saturated heterocycles. The zero-order valence-corrected chi connectivity index (χ0v) is 12.2. The maximum absolute atomic E-state index is 12.2. The third-order valence-electron chi connectivity index (χ3n) is 2.90. The van der Waals surface area contributed by atoms with Crippen molar-refractivity contribution in [1.82, 2.24) is 4.90 Å². The van der Waals surface area contributed by atoms with E-state index in [-0.39, 0.29) is 11.5 Å². The Morgan fingerprint density at radius 3 is 2.57 bits per heavy atom. The molecular formula is C14H19F2NO4. The summed E-state index contributed by atoms with van der Waals surface area (Å²) in [5.41, 5.74) is 0.813. The number of hydrogen-bond acceptors (Lipinski definition) is 4. The molecule has 118 valence electrons. The Kier molecular flexibility index (Phi) is 6.36. The molecule has 0 aliphatic carbocycles. The molecule has 0 amide bonds. The fraction of sp³-hybridized carbons (Fsp3) is 0.500. The molecular weight excluding hydrogens is 284 g/mol. The lowest BCUT2D eigenvalue weighted by molar-refractivity contribution is -0.141. The monoisotopic (exact) mass is 303 g/mol. The van der Waals surface area contributed by atoms with E-state index in [9.17, 15) is 13.6 Å². The lowest BCUT2D eigenvalue weighted by Crippen LogP contribution is -2.28. The van der Waals surface area contributed by atoms with Gasteiger partial charge in [-0.1, -0.05) is 13.0 Å². The van der Waals surface area contributed by atoms with Gasteiger partial charge >= 0.3 is 12.6 Å². The molecule has 0 radical (unpaired) electrons.